The summed E-state index contributed by atoms with van der Waals surface area (Å²) in [5.41, 5.74) is 0. The van der Waals surface area contributed by atoms with Gasteiger partial charge in [-0.05, 0) is 24.7 Å². The average molecular weight is 322 g/mol. The first-order valence-electron chi connectivity index (χ1n) is 5.67. The van der Waals surface area contributed by atoms with Gasteiger partial charge in [-0.15, -0.1) is 0 Å². The number of aromatic nitrogens is 2. The van der Waals surface area contributed by atoms with Gasteiger partial charge in [0, 0.05) is 11.9 Å². The van der Waals surface area contributed by atoms with Gasteiger partial charge >= 0.3 is 0 Å². The van der Waals surface area contributed by atoms with Gasteiger partial charge in [0.2, 0.25) is 0 Å². The number of sulfonamides is 1. The molecule has 0 radical (unpaired) electrons. The maximum absolute atomic E-state index is 11.9. The van der Waals surface area contributed by atoms with Crippen LogP contribution in [0, 0.1) is 11.8 Å². The molecule has 1 aromatic rings. The van der Waals surface area contributed by atoms with Gasteiger partial charge in [-0.3, -0.25) is 0 Å². The second-order valence-electron chi connectivity index (χ2n) is 4.37. The molecule has 17 heavy (non-hydrogen) atoms. The zero-order chi connectivity index (χ0) is 12.3. The molecular weight excluding hydrogens is 306 g/mol. The Labute approximate surface area is 110 Å². The number of nitrogens with zero attached hydrogens (tertiary/aromatic N) is 1. The summed E-state index contributed by atoms with van der Waals surface area (Å²) >= 11 is 3.48. The Bertz CT molecular complexity index is 446. The first kappa shape index (κ1) is 13.0. The van der Waals surface area contributed by atoms with E-state index in [4.69, 9.17) is 0 Å². The van der Waals surface area contributed by atoms with E-state index < -0.39 is 10.0 Å². The van der Waals surface area contributed by atoms with Gasteiger partial charge in [-0.2, -0.15) is 0 Å². The van der Waals surface area contributed by atoms with Gasteiger partial charge in [0.15, 0.2) is 5.03 Å². The monoisotopic (exact) mass is 321 g/mol. The molecule has 2 N–H and O–H groups in total. The number of hydrogen-bond acceptors (Lipinski definition) is 3. The molecule has 1 aliphatic carbocycles. The lowest BCUT2D eigenvalue weighted by Crippen LogP contribution is -2.31. The number of nitrogens with one attached hydrogen (secondary N) is 2. The second kappa shape index (κ2) is 5.49. The first-order valence-corrected chi connectivity index (χ1v) is 8.28. The standard InChI is InChI=1S/C10H16BrN3O2S/c11-4-8-2-1-3-9(8)5-14-17(15,16)10-6-12-7-13-10/h6-9,14H,1-5H2,(H,12,13). The summed E-state index contributed by atoms with van der Waals surface area (Å²) in [6.45, 7) is 0.512. The van der Waals surface area contributed by atoms with Crippen molar-refractivity contribution < 1.29 is 8.42 Å². The van der Waals surface area contributed by atoms with Crippen molar-refractivity contribution in [2.75, 3.05) is 11.9 Å². The third kappa shape index (κ3) is 3.08. The highest BCUT2D eigenvalue weighted by atomic mass is 79.9. The SMILES string of the molecule is O=S(=O)(NCC1CCCC1CBr)c1cnc[nH]1. The minimum absolute atomic E-state index is 0.130. The van der Waals surface area contributed by atoms with Crippen molar-refractivity contribution in [2.45, 2.75) is 24.3 Å². The highest BCUT2D eigenvalue weighted by molar-refractivity contribution is 9.09. The third-order valence-electron chi connectivity index (χ3n) is 3.31. The molecule has 1 aromatic heterocycles. The van der Waals surface area contributed by atoms with Crippen LogP contribution in [0.15, 0.2) is 17.6 Å². The third-order valence-corrected chi connectivity index (χ3v) is 5.49. The van der Waals surface area contributed by atoms with E-state index in [0.717, 1.165) is 11.8 Å². The van der Waals surface area contributed by atoms with E-state index in [1.165, 1.54) is 25.4 Å². The number of imidazole rings is 1. The van der Waals surface area contributed by atoms with Crippen LogP contribution in [0.1, 0.15) is 19.3 Å². The van der Waals surface area contributed by atoms with Crippen LogP contribution in [-0.2, 0) is 10.0 Å². The molecule has 5 nitrogen and oxygen atoms in total. The summed E-state index contributed by atoms with van der Waals surface area (Å²) < 4.78 is 26.3. The fourth-order valence-electron chi connectivity index (χ4n) is 2.27. The van der Waals surface area contributed by atoms with E-state index in [1.54, 1.807) is 0 Å². The minimum atomic E-state index is -3.42. The van der Waals surface area contributed by atoms with E-state index in [1.807, 2.05) is 0 Å². The second-order valence-corrected chi connectivity index (χ2v) is 6.76. The molecule has 2 rings (SSSR count). The van der Waals surface area contributed by atoms with Crippen LogP contribution in [0.5, 0.6) is 0 Å². The maximum atomic E-state index is 11.9. The molecule has 2 atom stereocenters. The topological polar surface area (TPSA) is 74.8 Å². The molecule has 96 valence electrons. The predicted octanol–water partition coefficient (Wildman–Crippen LogP) is 1.50. The lowest BCUT2D eigenvalue weighted by Gasteiger charge is -2.17. The average Bonchev–Trinajstić information content (AvgIpc) is 2.97. The minimum Gasteiger partial charge on any atom is -0.335 e. The van der Waals surface area contributed by atoms with Gasteiger partial charge in [-0.25, -0.2) is 18.1 Å². The van der Waals surface area contributed by atoms with Crippen molar-refractivity contribution >= 4 is 26.0 Å². The van der Waals surface area contributed by atoms with Crippen LogP contribution in [0.4, 0.5) is 0 Å². The lowest BCUT2D eigenvalue weighted by molar-refractivity contribution is 0.422. The maximum Gasteiger partial charge on any atom is 0.257 e. The van der Waals surface area contributed by atoms with E-state index in [0.29, 0.717) is 18.4 Å². The van der Waals surface area contributed by atoms with Gasteiger partial charge < -0.3 is 4.98 Å². The quantitative estimate of drug-likeness (QED) is 0.807. The summed E-state index contributed by atoms with van der Waals surface area (Å²) in [6.07, 6.45) is 6.15. The molecule has 0 amide bonds. The predicted molar refractivity (Wildman–Crippen MR) is 68.4 cm³/mol. The molecule has 1 aliphatic rings. The molecule has 0 saturated heterocycles. The normalized spacial score (nSPS) is 25.2. The molecule has 1 heterocycles. The Morgan fingerprint density at radius 1 is 1.47 bits per heavy atom. The molecule has 1 saturated carbocycles. The van der Waals surface area contributed by atoms with Crippen LogP contribution >= 0.6 is 15.9 Å². The Kier molecular flexibility index (Phi) is 4.22. The molecule has 2 unspecified atom stereocenters. The summed E-state index contributed by atoms with van der Waals surface area (Å²) in [4.78, 5) is 6.32. The number of alkyl halides is 1. The van der Waals surface area contributed by atoms with Crippen LogP contribution in [0.3, 0.4) is 0 Å². The largest absolute Gasteiger partial charge is 0.335 e. The van der Waals surface area contributed by atoms with E-state index in [-0.39, 0.29) is 5.03 Å². The van der Waals surface area contributed by atoms with Crippen LogP contribution in [0.2, 0.25) is 0 Å². The summed E-state index contributed by atoms with van der Waals surface area (Å²) in [7, 11) is -3.42. The number of hydrogen-bond donors (Lipinski definition) is 2. The summed E-state index contributed by atoms with van der Waals surface area (Å²) in [5.74, 6) is 1.02. The van der Waals surface area contributed by atoms with Gasteiger partial charge in [0.25, 0.3) is 10.0 Å². The van der Waals surface area contributed by atoms with Crippen molar-refractivity contribution in [2.24, 2.45) is 11.8 Å². The molecule has 0 aromatic carbocycles. The first-order chi connectivity index (χ1) is 8.13. The Morgan fingerprint density at radius 2 is 2.24 bits per heavy atom. The smallest absolute Gasteiger partial charge is 0.257 e. The summed E-state index contributed by atoms with van der Waals surface area (Å²) in [5, 5.41) is 1.08. The van der Waals surface area contributed by atoms with Gasteiger partial charge in [0.1, 0.15) is 0 Å². The fourth-order valence-corrected chi connectivity index (χ4v) is 4.12. The summed E-state index contributed by atoms with van der Waals surface area (Å²) in [6, 6.07) is 0. The number of aromatic amines is 1. The van der Waals surface area contributed by atoms with E-state index in [2.05, 4.69) is 30.6 Å². The zero-order valence-electron chi connectivity index (χ0n) is 9.39. The molecular formula is C10H16BrN3O2S. The Morgan fingerprint density at radius 3 is 2.88 bits per heavy atom. The van der Waals surface area contributed by atoms with Crippen molar-refractivity contribution in [3.63, 3.8) is 0 Å². The molecule has 0 aliphatic heterocycles. The molecule has 7 heteroatoms. The van der Waals surface area contributed by atoms with Crippen molar-refractivity contribution in [3.8, 4) is 0 Å². The fraction of sp³-hybridized carbons (Fsp3) is 0.700. The Balaban J connectivity index is 1.94. The van der Waals surface area contributed by atoms with Crippen LogP contribution < -0.4 is 4.72 Å². The van der Waals surface area contributed by atoms with Crippen LogP contribution in [-0.4, -0.2) is 30.3 Å². The van der Waals surface area contributed by atoms with Gasteiger partial charge in [-0.1, -0.05) is 22.4 Å². The van der Waals surface area contributed by atoms with Crippen molar-refractivity contribution in [1.29, 1.82) is 0 Å². The number of halogens is 1. The molecule has 0 spiro atoms. The lowest BCUT2D eigenvalue weighted by atomic mass is 9.99. The van der Waals surface area contributed by atoms with Crippen molar-refractivity contribution in [1.82, 2.24) is 14.7 Å². The molecule has 0 bridgehead atoms. The highest BCUT2D eigenvalue weighted by Gasteiger charge is 2.27. The van der Waals surface area contributed by atoms with E-state index in [9.17, 15) is 8.42 Å². The number of H-pyrrole nitrogens is 1. The Hall–Kier alpha value is -0.400. The van der Waals surface area contributed by atoms with Crippen LogP contribution in [0.25, 0.3) is 0 Å². The zero-order valence-corrected chi connectivity index (χ0v) is 11.8. The van der Waals surface area contributed by atoms with Gasteiger partial charge in [0.05, 0.1) is 12.5 Å². The van der Waals surface area contributed by atoms with Crippen molar-refractivity contribution in [3.05, 3.63) is 12.5 Å². The highest BCUT2D eigenvalue weighted by Crippen LogP contribution is 2.32. The number of rotatable bonds is 5. The van der Waals surface area contributed by atoms with E-state index >= 15 is 0 Å². The molecule has 1 fully saturated rings.